The van der Waals surface area contributed by atoms with E-state index in [1.165, 1.54) is 52.5 Å². The van der Waals surface area contributed by atoms with Gasteiger partial charge in [0.2, 0.25) is 20.0 Å². The largest absolute Gasteiger partial charge is 0.454 e. The third-order valence-electron chi connectivity index (χ3n) is 5.19. The van der Waals surface area contributed by atoms with E-state index in [0.29, 0.717) is 5.02 Å². The van der Waals surface area contributed by atoms with Crippen LogP contribution < -0.4 is 4.72 Å². The van der Waals surface area contributed by atoms with Crippen LogP contribution in [0, 0.1) is 5.82 Å². The van der Waals surface area contributed by atoms with Gasteiger partial charge in [-0.25, -0.2) is 21.2 Å². The van der Waals surface area contributed by atoms with E-state index in [4.69, 9.17) is 16.3 Å². The zero-order valence-corrected chi connectivity index (χ0v) is 20.9. The topological polar surface area (TPSA) is 130 Å². The molecule has 1 aliphatic heterocycles. The summed E-state index contributed by atoms with van der Waals surface area (Å²) in [7, 11) is -8.08. The van der Waals surface area contributed by atoms with Crippen molar-refractivity contribution in [1.82, 2.24) is 13.9 Å². The van der Waals surface area contributed by atoms with Gasteiger partial charge < -0.3 is 9.64 Å². The number of piperazine rings is 1. The molecule has 2 aromatic carbocycles. The minimum absolute atomic E-state index is 0.0451. The van der Waals surface area contributed by atoms with Crippen molar-refractivity contribution in [2.75, 3.05) is 32.8 Å². The van der Waals surface area contributed by atoms with Gasteiger partial charge in [0, 0.05) is 31.2 Å². The molecular weight excluding hydrogens is 525 g/mol. The Balaban J connectivity index is 1.50. The van der Waals surface area contributed by atoms with Gasteiger partial charge in [-0.1, -0.05) is 23.7 Å². The Morgan fingerprint density at radius 3 is 2.23 bits per heavy atom. The van der Waals surface area contributed by atoms with Crippen LogP contribution in [0.3, 0.4) is 0 Å². The minimum atomic E-state index is -4.33. The number of rotatable bonds is 8. The van der Waals surface area contributed by atoms with E-state index < -0.39 is 55.3 Å². The van der Waals surface area contributed by atoms with Gasteiger partial charge in [0.1, 0.15) is 16.8 Å². The maximum Gasteiger partial charge on any atom is 0.324 e. The average Bonchev–Trinajstić information content (AvgIpc) is 2.82. The number of esters is 1. The molecule has 0 spiro atoms. The molecule has 190 valence electrons. The van der Waals surface area contributed by atoms with Crippen molar-refractivity contribution in [3.63, 3.8) is 0 Å². The zero-order valence-electron chi connectivity index (χ0n) is 18.6. The van der Waals surface area contributed by atoms with Gasteiger partial charge in [-0.05, 0) is 43.3 Å². The van der Waals surface area contributed by atoms with E-state index in [1.807, 2.05) is 4.72 Å². The van der Waals surface area contributed by atoms with Crippen LogP contribution in [0.1, 0.15) is 6.92 Å². The van der Waals surface area contributed by atoms with Crippen molar-refractivity contribution >= 4 is 43.5 Å². The second-order valence-corrected chi connectivity index (χ2v) is 11.7. The van der Waals surface area contributed by atoms with E-state index in [9.17, 15) is 30.8 Å². The highest BCUT2D eigenvalue weighted by Gasteiger charge is 2.31. The molecule has 1 atom stereocenters. The molecule has 10 nitrogen and oxygen atoms in total. The molecule has 1 aliphatic rings. The second kappa shape index (κ2) is 11.0. The lowest BCUT2D eigenvalue weighted by Crippen LogP contribution is -2.51. The molecule has 1 heterocycles. The Hall–Kier alpha value is -2.58. The average molecular weight is 548 g/mol. The molecular formula is C21H23ClFN3O7S2. The summed E-state index contributed by atoms with van der Waals surface area (Å²) in [6.07, 6.45) is 0. The van der Waals surface area contributed by atoms with Crippen molar-refractivity contribution < 1.29 is 35.6 Å². The lowest BCUT2D eigenvalue weighted by atomic mass is 10.3. The lowest BCUT2D eigenvalue weighted by Gasteiger charge is -2.34. The summed E-state index contributed by atoms with van der Waals surface area (Å²) >= 11 is 5.80. The summed E-state index contributed by atoms with van der Waals surface area (Å²) in [5, 5.41) is 0.406. The van der Waals surface area contributed by atoms with Crippen LogP contribution in [-0.4, -0.2) is 76.7 Å². The van der Waals surface area contributed by atoms with E-state index in [2.05, 4.69) is 0 Å². The molecule has 0 bridgehead atoms. The molecule has 14 heteroatoms. The van der Waals surface area contributed by atoms with Crippen LogP contribution in [0.15, 0.2) is 58.3 Å². The Bertz CT molecular complexity index is 1300. The third kappa shape index (κ3) is 6.55. The van der Waals surface area contributed by atoms with Crippen LogP contribution >= 0.6 is 11.6 Å². The summed E-state index contributed by atoms with van der Waals surface area (Å²) < 4.78 is 72.0. The number of halogens is 2. The van der Waals surface area contributed by atoms with Crippen molar-refractivity contribution in [3.8, 4) is 0 Å². The first-order valence-electron chi connectivity index (χ1n) is 10.4. The highest BCUT2D eigenvalue weighted by molar-refractivity contribution is 7.89. The first-order valence-corrected chi connectivity index (χ1v) is 13.7. The number of benzene rings is 2. The Morgan fingerprint density at radius 1 is 1.03 bits per heavy atom. The molecule has 1 N–H and O–H groups in total. The number of carbonyl (C=O) groups is 2. The van der Waals surface area contributed by atoms with Crippen LogP contribution in [0.5, 0.6) is 0 Å². The first kappa shape index (κ1) is 27.0. The maximum atomic E-state index is 13.8. The van der Waals surface area contributed by atoms with Crippen LogP contribution in [-0.2, 0) is 34.4 Å². The molecule has 1 saturated heterocycles. The van der Waals surface area contributed by atoms with Crippen molar-refractivity contribution in [2.24, 2.45) is 0 Å². The standard InChI is InChI=1S/C21H23ClFN3O7S2/c1-15(24-34(29,30)19-5-3-2-4-18(19)23)21(28)33-14-20(27)25-10-12-26(13-11-25)35(31,32)17-8-6-16(22)7-9-17/h2-9,15,24H,10-14H2,1H3/t15-/m0/s1. The highest BCUT2D eigenvalue weighted by atomic mass is 35.5. The van der Waals surface area contributed by atoms with Gasteiger partial charge in [0.25, 0.3) is 5.91 Å². The smallest absolute Gasteiger partial charge is 0.324 e. The van der Waals surface area contributed by atoms with Gasteiger partial charge in [0.05, 0.1) is 4.90 Å². The highest BCUT2D eigenvalue weighted by Crippen LogP contribution is 2.20. The van der Waals surface area contributed by atoms with Crippen LogP contribution in [0.4, 0.5) is 4.39 Å². The monoisotopic (exact) mass is 547 g/mol. The number of sulfonamides is 2. The first-order chi connectivity index (χ1) is 16.4. The number of nitrogens with zero attached hydrogens (tertiary/aromatic N) is 2. The summed E-state index contributed by atoms with van der Waals surface area (Å²) in [5.74, 6) is -2.57. The minimum Gasteiger partial charge on any atom is -0.454 e. The van der Waals surface area contributed by atoms with Crippen LogP contribution in [0.2, 0.25) is 5.02 Å². The molecule has 3 rings (SSSR count). The molecule has 2 aromatic rings. The molecule has 1 amide bonds. The van der Waals surface area contributed by atoms with E-state index in [-0.39, 0.29) is 31.1 Å². The fourth-order valence-corrected chi connectivity index (χ4v) is 6.11. The number of hydrogen-bond acceptors (Lipinski definition) is 7. The number of amides is 1. The Kier molecular flexibility index (Phi) is 8.49. The van der Waals surface area contributed by atoms with E-state index in [1.54, 1.807) is 0 Å². The fraction of sp³-hybridized carbons (Fsp3) is 0.333. The van der Waals surface area contributed by atoms with Gasteiger partial charge >= 0.3 is 5.97 Å². The van der Waals surface area contributed by atoms with E-state index >= 15 is 0 Å². The van der Waals surface area contributed by atoms with Gasteiger partial charge in [0.15, 0.2) is 6.61 Å². The molecule has 1 fully saturated rings. The second-order valence-electron chi connectivity index (χ2n) is 7.62. The number of nitrogens with one attached hydrogen (secondary N) is 1. The predicted molar refractivity (Wildman–Crippen MR) is 124 cm³/mol. The molecule has 0 aliphatic carbocycles. The fourth-order valence-electron chi connectivity index (χ4n) is 3.29. The molecule has 35 heavy (non-hydrogen) atoms. The van der Waals surface area contributed by atoms with Gasteiger partial charge in [-0.15, -0.1) is 0 Å². The lowest BCUT2D eigenvalue weighted by molar-refractivity contribution is -0.153. The molecule has 0 saturated carbocycles. The van der Waals surface area contributed by atoms with Crippen molar-refractivity contribution in [1.29, 1.82) is 0 Å². The molecule has 0 aromatic heterocycles. The van der Waals surface area contributed by atoms with Gasteiger partial charge in [-0.3, -0.25) is 9.59 Å². The molecule has 0 unspecified atom stereocenters. The van der Waals surface area contributed by atoms with E-state index in [0.717, 1.165) is 12.1 Å². The quantitative estimate of drug-likeness (QED) is 0.492. The number of carbonyl (C=O) groups excluding carboxylic acids is 2. The molecule has 0 radical (unpaired) electrons. The third-order valence-corrected chi connectivity index (χ3v) is 8.93. The summed E-state index contributed by atoms with van der Waals surface area (Å²) in [5.41, 5.74) is 0. The van der Waals surface area contributed by atoms with Crippen molar-refractivity contribution in [2.45, 2.75) is 22.8 Å². The van der Waals surface area contributed by atoms with Gasteiger partial charge in [-0.2, -0.15) is 9.03 Å². The zero-order chi connectivity index (χ0) is 25.8. The number of hydrogen-bond donors (Lipinski definition) is 1. The Labute approximate surface area is 207 Å². The SMILES string of the molecule is C[C@H](NS(=O)(=O)c1ccccc1F)C(=O)OCC(=O)N1CCN(S(=O)(=O)c2ccc(Cl)cc2)CC1. The summed E-state index contributed by atoms with van der Waals surface area (Å²) in [4.78, 5) is 25.4. The summed E-state index contributed by atoms with van der Waals surface area (Å²) in [6, 6.07) is 9.04. The number of ether oxygens (including phenoxy) is 1. The van der Waals surface area contributed by atoms with Crippen LogP contribution in [0.25, 0.3) is 0 Å². The maximum absolute atomic E-state index is 13.8. The summed E-state index contributed by atoms with van der Waals surface area (Å²) in [6.45, 7) is 0.796. The Morgan fingerprint density at radius 2 is 1.63 bits per heavy atom. The van der Waals surface area contributed by atoms with Crippen molar-refractivity contribution in [3.05, 3.63) is 59.4 Å². The predicted octanol–water partition coefficient (Wildman–Crippen LogP) is 1.22. The normalized spacial score (nSPS) is 16.0.